The molecule has 1 fully saturated rings. The van der Waals surface area contributed by atoms with E-state index < -0.39 is 35.5 Å². The summed E-state index contributed by atoms with van der Waals surface area (Å²) in [5.41, 5.74) is 8.26. The third kappa shape index (κ3) is 15.1. The number of carboxylic acids is 1. The van der Waals surface area contributed by atoms with Crippen LogP contribution in [-0.2, 0) is 45.1 Å². The summed E-state index contributed by atoms with van der Waals surface area (Å²) in [6.45, 7) is 9.99. The van der Waals surface area contributed by atoms with Crippen LogP contribution in [0.15, 0.2) is 96.5 Å². The lowest BCUT2D eigenvalue weighted by Gasteiger charge is -2.35. The number of ether oxygens (including phenoxy) is 2. The predicted octanol–water partition coefficient (Wildman–Crippen LogP) is 9.45. The van der Waals surface area contributed by atoms with Crippen LogP contribution in [0, 0.1) is 24.2 Å². The number of hydrogen-bond donors (Lipinski definition) is 5. The number of fused-ring (bicyclic) bond motifs is 2. The molecule has 0 radical (unpaired) electrons. The molecule has 0 bridgehead atoms. The standard InChI is InChI=1S/C61H66N8O9S3/c1-38-53(79-37-63-38)42-24-20-40(21-25-42)34-62-56(73)48-33-43(70)35-69(48)57(74)54(61(2,3)4)65-51(71)19-6-5-9-30-77-31-11-13-39-22-26-44(27-23-39)78-32-12-18-50-52(58(75)76)66-60(81-50)68-29-28-41-14-10-15-45(46(41)36-68)55(72)67-59-64-47-16-7-8-17-49(47)80-59/h7-8,10,14-17,20-27,37,43,48,54,70H,5-6,9,12,18-19,28-36H2,1-4H3,(H,62,73)(H,65,71)(H,75,76)(H,64,67,72)/t43-,48+,54-/m1/s1. The van der Waals surface area contributed by atoms with Gasteiger partial charge in [-0.15, -0.1) is 22.7 Å². The minimum atomic E-state index is -1.08. The van der Waals surface area contributed by atoms with Crippen molar-refractivity contribution in [1.29, 1.82) is 0 Å². The smallest absolute Gasteiger partial charge is 0.355 e. The number of amides is 4. The molecule has 9 rings (SSSR count). The predicted molar refractivity (Wildman–Crippen MR) is 316 cm³/mol. The highest BCUT2D eigenvalue weighted by molar-refractivity contribution is 7.22. The van der Waals surface area contributed by atoms with Crippen LogP contribution in [0.4, 0.5) is 10.3 Å². The number of carbonyl (C=O) groups is 5. The highest BCUT2D eigenvalue weighted by Crippen LogP contribution is 2.34. The van der Waals surface area contributed by atoms with E-state index in [1.165, 1.54) is 27.6 Å². The van der Waals surface area contributed by atoms with Gasteiger partial charge in [0.15, 0.2) is 16.0 Å². The monoisotopic (exact) mass is 1150 g/mol. The van der Waals surface area contributed by atoms with Gasteiger partial charge in [0.25, 0.3) is 5.91 Å². The Morgan fingerprint density at radius 2 is 1.70 bits per heavy atom. The fourth-order valence-electron chi connectivity index (χ4n) is 9.86. The van der Waals surface area contributed by atoms with Crippen LogP contribution >= 0.6 is 34.0 Å². The van der Waals surface area contributed by atoms with E-state index in [1.54, 1.807) is 11.3 Å². The number of hydrogen-bond acceptors (Lipinski definition) is 15. The summed E-state index contributed by atoms with van der Waals surface area (Å²) in [6, 6.07) is 27.0. The first-order valence-electron chi connectivity index (χ1n) is 27.2. The number of unbranched alkanes of at least 4 members (excludes halogenated alkanes) is 2. The zero-order valence-electron chi connectivity index (χ0n) is 45.8. The first-order chi connectivity index (χ1) is 39.1. The molecule has 2 aliphatic rings. The Kier molecular flexibility index (Phi) is 19.2. The van der Waals surface area contributed by atoms with E-state index in [0.717, 1.165) is 61.4 Å². The molecule has 3 atom stereocenters. The van der Waals surface area contributed by atoms with Gasteiger partial charge in [-0.05, 0) is 109 Å². The number of likely N-dealkylation sites (tertiary alicyclic amines) is 1. The number of para-hydroxylation sites is 1. The number of aliphatic hydroxyl groups excluding tert-OH is 1. The second kappa shape index (κ2) is 26.8. The fraction of sp³-hybridized carbons (Fsp3) is 0.377. The molecule has 17 nitrogen and oxygen atoms in total. The Labute approximate surface area is 483 Å². The van der Waals surface area contributed by atoms with Crippen LogP contribution in [0.5, 0.6) is 5.75 Å². The SMILES string of the molecule is Cc1ncsc1-c1ccc(CNC(=O)[C@@H]2C[C@@H](O)CN2C(=O)[C@@H](NC(=O)CCCCCOCC#Cc2ccc(OCCCc3sc(N4CCc5cccc(C(=O)Nc6nc7ccccc7s6)c5C4)nc3C(=O)O)cc2)C(C)(C)C)cc1. The summed E-state index contributed by atoms with van der Waals surface area (Å²) in [7, 11) is 0. The van der Waals surface area contributed by atoms with E-state index in [1.807, 2.05) is 129 Å². The molecule has 0 saturated carbocycles. The topological polar surface area (TPSA) is 226 Å². The van der Waals surface area contributed by atoms with E-state index >= 15 is 0 Å². The Bertz CT molecular complexity index is 3400. The van der Waals surface area contributed by atoms with Crippen LogP contribution in [0.25, 0.3) is 20.7 Å². The summed E-state index contributed by atoms with van der Waals surface area (Å²) in [5, 5.41) is 30.7. The molecule has 1 saturated heterocycles. The van der Waals surface area contributed by atoms with Crippen molar-refractivity contribution in [2.45, 2.75) is 110 Å². The summed E-state index contributed by atoms with van der Waals surface area (Å²) in [5.74, 6) is 4.48. The van der Waals surface area contributed by atoms with Gasteiger partial charge in [0.1, 0.15) is 24.4 Å². The zero-order chi connectivity index (χ0) is 57.0. The second-order valence-corrected chi connectivity index (χ2v) is 24.2. The molecule has 422 valence electrons. The highest BCUT2D eigenvalue weighted by atomic mass is 32.1. The Morgan fingerprint density at radius 1 is 0.901 bits per heavy atom. The molecule has 5 N–H and O–H groups in total. The van der Waals surface area contributed by atoms with Crippen LogP contribution < -0.4 is 25.6 Å². The number of β-amino-alcohol motifs (C(OH)–C–C–N with tert-alkyl or cyclic N) is 1. The van der Waals surface area contributed by atoms with Crippen LogP contribution in [-0.4, -0.2) is 111 Å². The Hall–Kier alpha value is -7.54. The van der Waals surface area contributed by atoms with Crippen molar-refractivity contribution in [2.24, 2.45) is 5.41 Å². The van der Waals surface area contributed by atoms with E-state index in [9.17, 15) is 34.2 Å². The normalized spacial score (nSPS) is 15.4. The van der Waals surface area contributed by atoms with Crippen molar-refractivity contribution in [3.63, 3.8) is 0 Å². The molecular formula is C61H66N8O9S3. The number of benzene rings is 4. The maximum Gasteiger partial charge on any atom is 0.355 e. The van der Waals surface area contributed by atoms with Gasteiger partial charge in [-0.1, -0.05) is 98.9 Å². The zero-order valence-corrected chi connectivity index (χ0v) is 48.2. The maximum absolute atomic E-state index is 14.0. The third-order valence-corrected chi connectivity index (χ3v) is 17.3. The van der Waals surface area contributed by atoms with Gasteiger partial charge in [-0.25, -0.2) is 19.7 Å². The molecule has 3 aromatic heterocycles. The van der Waals surface area contributed by atoms with Gasteiger partial charge in [0.2, 0.25) is 17.7 Å². The molecular weight excluding hydrogens is 1080 g/mol. The average Bonchev–Trinajstić information content (AvgIpc) is 4.38. The molecule has 0 aliphatic carbocycles. The number of nitrogens with zero attached hydrogens (tertiary/aromatic N) is 5. The third-order valence-electron chi connectivity index (χ3n) is 14.2. The van der Waals surface area contributed by atoms with E-state index in [0.29, 0.717) is 78.4 Å². The lowest BCUT2D eigenvalue weighted by Crippen LogP contribution is -2.57. The van der Waals surface area contributed by atoms with Crippen molar-refractivity contribution in [3.8, 4) is 28.0 Å². The number of carbonyl (C=O) groups excluding carboxylic acids is 4. The first-order valence-corrected chi connectivity index (χ1v) is 29.7. The Balaban J connectivity index is 0.657. The number of aliphatic hydroxyl groups is 1. The van der Waals surface area contributed by atoms with Crippen LogP contribution in [0.3, 0.4) is 0 Å². The number of aromatic nitrogens is 3. The van der Waals surface area contributed by atoms with Gasteiger partial charge in [0.05, 0.1) is 39.0 Å². The molecule has 0 unspecified atom stereocenters. The van der Waals surface area contributed by atoms with E-state index in [-0.39, 0.29) is 56.0 Å². The van der Waals surface area contributed by atoms with Gasteiger partial charge in [0, 0.05) is 61.6 Å². The van der Waals surface area contributed by atoms with Gasteiger partial charge >= 0.3 is 5.97 Å². The number of aryl methyl sites for hydroxylation is 2. The van der Waals surface area contributed by atoms with Crippen molar-refractivity contribution in [1.82, 2.24) is 30.5 Å². The molecule has 5 heterocycles. The molecule has 4 amide bonds. The minimum absolute atomic E-state index is 0.00526. The summed E-state index contributed by atoms with van der Waals surface area (Å²) in [6.07, 6.45) is 3.28. The second-order valence-electron chi connectivity index (χ2n) is 21.2. The van der Waals surface area contributed by atoms with Gasteiger partial charge < -0.3 is 40.1 Å². The quantitative estimate of drug-likeness (QED) is 0.0315. The van der Waals surface area contributed by atoms with Crippen molar-refractivity contribution in [2.75, 3.05) is 43.1 Å². The van der Waals surface area contributed by atoms with Crippen molar-refractivity contribution < 1.29 is 43.7 Å². The lowest BCUT2D eigenvalue weighted by atomic mass is 9.85. The summed E-state index contributed by atoms with van der Waals surface area (Å²) in [4.78, 5) is 85.3. The molecule has 7 aromatic rings. The van der Waals surface area contributed by atoms with Crippen LogP contribution in [0.1, 0.15) is 113 Å². The molecule has 4 aromatic carbocycles. The molecule has 81 heavy (non-hydrogen) atoms. The molecule has 20 heteroatoms. The number of thiazole rings is 3. The Morgan fingerprint density at radius 3 is 2.46 bits per heavy atom. The van der Waals surface area contributed by atoms with Crippen molar-refractivity contribution in [3.05, 3.63) is 141 Å². The fourth-order valence-corrected chi connectivity index (χ4v) is 12.6. The lowest BCUT2D eigenvalue weighted by molar-refractivity contribution is -0.144. The number of carboxylic acid groups (broad SMARTS) is 1. The van der Waals surface area contributed by atoms with E-state index in [4.69, 9.17) is 9.47 Å². The molecule has 2 aliphatic heterocycles. The largest absolute Gasteiger partial charge is 0.494 e. The average molecular weight is 1150 g/mol. The van der Waals surface area contributed by atoms with E-state index in [2.05, 4.69) is 42.7 Å². The van der Waals surface area contributed by atoms with Crippen molar-refractivity contribution >= 4 is 84.1 Å². The van der Waals surface area contributed by atoms with Crippen LogP contribution in [0.2, 0.25) is 0 Å². The number of rotatable bonds is 22. The summed E-state index contributed by atoms with van der Waals surface area (Å²) < 4.78 is 12.7. The minimum Gasteiger partial charge on any atom is -0.494 e. The highest BCUT2D eigenvalue weighted by Gasteiger charge is 2.44. The molecule has 0 spiro atoms. The number of nitrogens with one attached hydrogen (secondary N) is 3. The number of anilines is 2. The van der Waals surface area contributed by atoms with Gasteiger partial charge in [-0.2, -0.15) is 0 Å². The van der Waals surface area contributed by atoms with Gasteiger partial charge in [-0.3, -0.25) is 24.5 Å². The maximum atomic E-state index is 14.0. The first kappa shape index (κ1) is 58.1. The summed E-state index contributed by atoms with van der Waals surface area (Å²) >= 11 is 4.36. The number of aromatic carboxylic acids is 1.